The van der Waals surface area contributed by atoms with Crippen LogP contribution in [0.4, 0.5) is 0 Å². The lowest BCUT2D eigenvalue weighted by Crippen LogP contribution is -2.02. The Balaban J connectivity index is 2.44. The summed E-state index contributed by atoms with van der Waals surface area (Å²) in [6.45, 7) is 4.29. The van der Waals surface area contributed by atoms with Gasteiger partial charge in [0.25, 0.3) is 0 Å². The first-order valence-corrected chi connectivity index (χ1v) is 8.53. The predicted octanol–water partition coefficient (Wildman–Crippen LogP) is 4.95. The van der Waals surface area contributed by atoms with Gasteiger partial charge in [-0.2, -0.15) is 5.26 Å². The van der Waals surface area contributed by atoms with Gasteiger partial charge in [-0.15, -0.1) is 0 Å². The number of nitrogens with zero attached hydrogens (tertiary/aromatic N) is 1. The molecule has 0 fully saturated rings. The maximum atomic E-state index is 12.6. The van der Waals surface area contributed by atoms with Crippen molar-refractivity contribution in [3.8, 4) is 17.6 Å². The molecule has 2 rings (SSSR count). The van der Waals surface area contributed by atoms with Crippen molar-refractivity contribution in [2.45, 2.75) is 13.8 Å². The van der Waals surface area contributed by atoms with Crippen LogP contribution in [-0.2, 0) is 0 Å². The highest BCUT2D eigenvalue weighted by Gasteiger charge is 2.15. The van der Waals surface area contributed by atoms with Gasteiger partial charge in [0.2, 0.25) is 5.78 Å². The second-order valence-corrected chi connectivity index (χ2v) is 6.19. The third kappa shape index (κ3) is 4.49. The maximum Gasteiger partial charge on any atom is 0.203 e. The number of Topliss-reactive ketones (excluding diaryl/α,β-unsaturated/α-hetero) is 1. The lowest BCUT2D eigenvalue weighted by Gasteiger charge is -2.12. The molecule has 0 saturated carbocycles. The lowest BCUT2D eigenvalue weighted by molar-refractivity contribution is 0.104. The van der Waals surface area contributed by atoms with Crippen LogP contribution in [0.5, 0.6) is 11.5 Å². The summed E-state index contributed by atoms with van der Waals surface area (Å²) in [4.78, 5) is 12.6. The first kappa shape index (κ1) is 18.8. The van der Waals surface area contributed by atoms with Crippen LogP contribution in [0.15, 0.2) is 46.4 Å². The topological polar surface area (TPSA) is 59.3 Å². The Morgan fingerprint density at radius 3 is 2.68 bits per heavy atom. The Morgan fingerprint density at radius 2 is 2.08 bits per heavy atom. The second kappa shape index (κ2) is 8.50. The fourth-order valence-corrected chi connectivity index (χ4v) is 2.94. The van der Waals surface area contributed by atoms with E-state index < -0.39 is 0 Å². The predicted molar refractivity (Wildman–Crippen MR) is 101 cm³/mol. The Bertz CT molecular complexity index is 866. The zero-order valence-electron chi connectivity index (χ0n) is 14.3. The highest BCUT2D eigenvalue weighted by atomic mass is 79.9. The average molecular weight is 400 g/mol. The summed E-state index contributed by atoms with van der Waals surface area (Å²) in [5.41, 5.74) is 2.19. The first-order chi connectivity index (χ1) is 12.0. The van der Waals surface area contributed by atoms with Crippen LogP contribution in [0.25, 0.3) is 6.08 Å². The molecule has 0 aliphatic rings. The van der Waals surface area contributed by atoms with Crippen LogP contribution < -0.4 is 9.47 Å². The fourth-order valence-electron chi connectivity index (χ4n) is 2.36. The Labute approximate surface area is 155 Å². The fraction of sp³-hybridized carbons (Fsp3) is 0.200. The molecule has 25 heavy (non-hydrogen) atoms. The third-order valence-corrected chi connectivity index (χ3v) is 4.09. The average Bonchev–Trinajstić information content (AvgIpc) is 2.61. The Hall–Kier alpha value is -2.58. The van der Waals surface area contributed by atoms with E-state index in [1.165, 1.54) is 0 Å². The molecule has 0 atom stereocenters. The second-order valence-electron chi connectivity index (χ2n) is 5.34. The summed E-state index contributed by atoms with van der Waals surface area (Å²) in [5.74, 6) is 0.809. The SMILES string of the molecule is CCOc1c(Br)cc(/C=C(\C#N)C(=O)c2cccc(C)c2)cc1OC. The summed E-state index contributed by atoms with van der Waals surface area (Å²) in [7, 11) is 1.54. The van der Waals surface area contributed by atoms with Crippen molar-refractivity contribution in [3.63, 3.8) is 0 Å². The van der Waals surface area contributed by atoms with E-state index in [1.807, 2.05) is 26.0 Å². The molecule has 0 heterocycles. The van der Waals surface area contributed by atoms with Crippen molar-refractivity contribution in [1.29, 1.82) is 5.26 Å². The summed E-state index contributed by atoms with van der Waals surface area (Å²) in [6.07, 6.45) is 1.55. The highest BCUT2D eigenvalue weighted by molar-refractivity contribution is 9.10. The number of ketones is 1. The van der Waals surface area contributed by atoms with E-state index in [-0.39, 0.29) is 11.4 Å². The van der Waals surface area contributed by atoms with Crippen molar-refractivity contribution in [2.24, 2.45) is 0 Å². The minimum Gasteiger partial charge on any atom is -0.493 e. The van der Waals surface area contributed by atoms with Gasteiger partial charge in [-0.1, -0.05) is 23.8 Å². The van der Waals surface area contributed by atoms with Crippen LogP contribution in [0.3, 0.4) is 0 Å². The number of carbonyl (C=O) groups excluding carboxylic acids is 1. The quantitative estimate of drug-likeness (QED) is 0.391. The van der Waals surface area contributed by atoms with E-state index in [0.717, 1.165) is 5.56 Å². The zero-order valence-corrected chi connectivity index (χ0v) is 15.9. The molecule has 0 amide bonds. The molecule has 5 heteroatoms. The van der Waals surface area contributed by atoms with Gasteiger partial charge in [0, 0.05) is 5.56 Å². The summed E-state index contributed by atoms with van der Waals surface area (Å²) in [6, 6.07) is 12.7. The third-order valence-electron chi connectivity index (χ3n) is 3.50. The van der Waals surface area contributed by atoms with Crippen molar-refractivity contribution in [2.75, 3.05) is 13.7 Å². The summed E-state index contributed by atoms with van der Waals surface area (Å²) >= 11 is 3.44. The number of rotatable bonds is 6. The number of benzene rings is 2. The molecule has 0 aliphatic heterocycles. The number of allylic oxidation sites excluding steroid dienone is 1. The number of ether oxygens (including phenoxy) is 2. The lowest BCUT2D eigenvalue weighted by atomic mass is 10.0. The Kier molecular flexibility index (Phi) is 6.37. The van der Waals surface area contributed by atoms with Gasteiger partial charge < -0.3 is 9.47 Å². The van der Waals surface area contributed by atoms with Gasteiger partial charge in [0.05, 0.1) is 18.2 Å². The monoisotopic (exact) mass is 399 g/mol. The summed E-state index contributed by atoms with van der Waals surface area (Å²) in [5, 5.41) is 9.42. The van der Waals surface area contributed by atoms with Crippen LogP contribution in [0.1, 0.15) is 28.4 Å². The number of nitriles is 1. The molecule has 128 valence electrons. The molecule has 0 spiro atoms. The molecule has 0 radical (unpaired) electrons. The number of aryl methyl sites for hydroxylation is 1. The molecule has 2 aromatic rings. The molecule has 0 aromatic heterocycles. The van der Waals surface area contributed by atoms with Gasteiger partial charge in [0.1, 0.15) is 11.6 Å². The zero-order chi connectivity index (χ0) is 18.4. The number of hydrogen-bond donors (Lipinski definition) is 0. The number of hydrogen-bond acceptors (Lipinski definition) is 4. The van der Waals surface area contributed by atoms with Gasteiger partial charge in [-0.3, -0.25) is 4.79 Å². The molecule has 0 unspecified atom stereocenters. The van der Waals surface area contributed by atoms with E-state index >= 15 is 0 Å². The van der Waals surface area contributed by atoms with Crippen LogP contribution in [0.2, 0.25) is 0 Å². The van der Waals surface area contributed by atoms with Crippen molar-refractivity contribution in [1.82, 2.24) is 0 Å². The number of carbonyl (C=O) groups is 1. The van der Waals surface area contributed by atoms with Crippen molar-refractivity contribution in [3.05, 3.63) is 63.1 Å². The van der Waals surface area contributed by atoms with E-state index in [2.05, 4.69) is 15.9 Å². The van der Waals surface area contributed by atoms with Crippen molar-refractivity contribution < 1.29 is 14.3 Å². The van der Waals surface area contributed by atoms with Crippen LogP contribution >= 0.6 is 15.9 Å². The van der Waals surface area contributed by atoms with Crippen LogP contribution in [0, 0.1) is 18.3 Å². The van der Waals surface area contributed by atoms with Gasteiger partial charge >= 0.3 is 0 Å². The van der Waals surface area contributed by atoms with Crippen molar-refractivity contribution >= 4 is 27.8 Å². The van der Waals surface area contributed by atoms with Gasteiger partial charge in [-0.05, 0) is 59.6 Å². The van der Waals surface area contributed by atoms with Gasteiger partial charge in [-0.25, -0.2) is 0 Å². The van der Waals surface area contributed by atoms with E-state index in [1.54, 1.807) is 43.5 Å². The molecule has 0 aliphatic carbocycles. The van der Waals surface area contributed by atoms with E-state index in [9.17, 15) is 10.1 Å². The number of methoxy groups -OCH3 is 1. The van der Waals surface area contributed by atoms with E-state index in [4.69, 9.17) is 9.47 Å². The first-order valence-electron chi connectivity index (χ1n) is 7.73. The number of halogens is 1. The standard InChI is InChI=1S/C20H18BrNO3/c1-4-25-20-17(21)10-14(11-18(20)24-3)9-16(12-22)19(23)15-7-5-6-13(2)8-15/h5-11H,4H2,1-3H3/b16-9+. The highest BCUT2D eigenvalue weighted by Crippen LogP contribution is 2.37. The normalized spacial score (nSPS) is 10.9. The summed E-state index contributed by atoms with van der Waals surface area (Å²) < 4.78 is 11.6. The minimum atomic E-state index is -0.310. The molecule has 0 saturated heterocycles. The molecule has 0 bridgehead atoms. The maximum absolute atomic E-state index is 12.6. The molecular formula is C20H18BrNO3. The van der Waals surface area contributed by atoms with Crippen LogP contribution in [-0.4, -0.2) is 19.5 Å². The van der Waals surface area contributed by atoms with E-state index in [0.29, 0.717) is 33.7 Å². The largest absolute Gasteiger partial charge is 0.493 e. The molecule has 4 nitrogen and oxygen atoms in total. The molecule has 2 aromatic carbocycles. The molecule has 0 N–H and O–H groups in total. The molecular weight excluding hydrogens is 382 g/mol. The minimum absolute atomic E-state index is 0.0590. The Morgan fingerprint density at radius 1 is 1.32 bits per heavy atom. The smallest absolute Gasteiger partial charge is 0.203 e. The van der Waals surface area contributed by atoms with Gasteiger partial charge in [0.15, 0.2) is 11.5 Å².